The van der Waals surface area contributed by atoms with Gasteiger partial charge >= 0.3 is 5.69 Å². The lowest BCUT2D eigenvalue weighted by molar-refractivity contribution is -0.0570. The summed E-state index contributed by atoms with van der Waals surface area (Å²) in [4.78, 5) is 24.4. The first-order valence-corrected chi connectivity index (χ1v) is 7.33. The maximum absolute atomic E-state index is 13.2. The van der Waals surface area contributed by atoms with Crippen LogP contribution in [-0.4, -0.2) is 45.7 Å². The van der Waals surface area contributed by atoms with Gasteiger partial charge in [0.15, 0.2) is 0 Å². The van der Waals surface area contributed by atoms with E-state index in [9.17, 15) is 19.1 Å². The van der Waals surface area contributed by atoms with E-state index in [0.29, 0.717) is 5.94 Å². The second-order valence-electron chi connectivity index (χ2n) is 4.35. The van der Waals surface area contributed by atoms with Crippen molar-refractivity contribution in [3.63, 3.8) is 0 Å². The Morgan fingerprint density at radius 2 is 2.40 bits per heavy atom. The molecule has 1 aliphatic rings. The largest absolute Gasteiger partial charge is 0.390 e. The van der Waals surface area contributed by atoms with Gasteiger partial charge < -0.3 is 14.6 Å². The monoisotopic (exact) mass is 306 g/mol. The van der Waals surface area contributed by atoms with E-state index in [1.54, 1.807) is 0 Å². The number of thioether (sulfide) groups is 1. The Labute approximate surface area is 117 Å². The lowest BCUT2D eigenvalue weighted by atomic mass is 10.2. The van der Waals surface area contributed by atoms with E-state index < -0.39 is 35.5 Å². The highest BCUT2D eigenvalue weighted by Gasteiger charge is 2.35. The molecule has 0 aliphatic carbocycles. The third kappa shape index (κ3) is 3.29. The van der Waals surface area contributed by atoms with E-state index in [4.69, 9.17) is 9.47 Å². The molecule has 20 heavy (non-hydrogen) atoms. The standard InChI is InChI=1S/C11H15FN2O5S/c1-20-5-18-4-8-7(15)2-9(19-8)14-3-6(12)10(16)13-11(14)17/h3,7-9,15H,2,4-5H2,1H3,(H,13,16,17)/t7-,8+,9+/m0/s1. The molecule has 9 heteroatoms. The molecule has 7 nitrogen and oxygen atoms in total. The van der Waals surface area contributed by atoms with Gasteiger partial charge in [-0.2, -0.15) is 4.39 Å². The topological polar surface area (TPSA) is 93.5 Å². The van der Waals surface area contributed by atoms with E-state index in [1.165, 1.54) is 11.8 Å². The molecule has 112 valence electrons. The summed E-state index contributed by atoms with van der Waals surface area (Å²) < 4.78 is 24.9. The number of H-pyrrole nitrogens is 1. The third-order valence-corrected chi connectivity index (χ3v) is 3.32. The zero-order valence-corrected chi connectivity index (χ0v) is 11.6. The van der Waals surface area contributed by atoms with Crippen molar-refractivity contribution in [3.8, 4) is 0 Å². The number of aliphatic hydroxyl groups excluding tert-OH is 1. The van der Waals surface area contributed by atoms with Gasteiger partial charge in [-0.15, -0.1) is 11.8 Å². The van der Waals surface area contributed by atoms with Crippen LogP contribution in [0.15, 0.2) is 15.8 Å². The molecule has 0 aromatic carbocycles. The predicted molar refractivity (Wildman–Crippen MR) is 70.1 cm³/mol. The minimum Gasteiger partial charge on any atom is -0.390 e. The van der Waals surface area contributed by atoms with E-state index in [-0.39, 0.29) is 13.0 Å². The number of rotatable bonds is 5. The maximum atomic E-state index is 13.2. The summed E-state index contributed by atoms with van der Waals surface area (Å²) in [5.41, 5.74) is -1.86. The van der Waals surface area contributed by atoms with Crippen molar-refractivity contribution >= 4 is 11.8 Å². The second kappa shape index (κ2) is 6.53. The normalized spacial score (nSPS) is 26.1. The number of aliphatic hydroxyl groups is 1. The molecule has 0 radical (unpaired) electrons. The van der Waals surface area contributed by atoms with Crippen LogP contribution in [-0.2, 0) is 9.47 Å². The number of hydrogen-bond donors (Lipinski definition) is 2. The molecule has 2 N–H and O–H groups in total. The molecule has 1 aliphatic heterocycles. The van der Waals surface area contributed by atoms with Gasteiger partial charge in [-0.05, 0) is 6.26 Å². The van der Waals surface area contributed by atoms with Crippen LogP contribution in [0.1, 0.15) is 12.6 Å². The van der Waals surface area contributed by atoms with E-state index >= 15 is 0 Å². The lowest BCUT2D eigenvalue weighted by Crippen LogP contribution is -2.34. The Kier molecular flexibility index (Phi) is 4.97. The highest BCUT2D eigenvalue weighted by molar-refractivity contribution is 7.98. The Morgan fingerprint density at radius 3 is 3.10 bits per heavy atom. The van der Waals surface area contributed by atoms with Crippen molar-refractivity contribution in [3.05, 3.63) is 32.9 Å². The molecule has 1 aromatic rings. The molecule has 1 saturated heterocycles. The highest BCUT2D eigenvalue weighted by atomic mass is 32.2. The molecule has 1 aromatic heterocycles. The van der Waals surface area contributed by atoms with Crippen molar-refractivity contribution in [2.45, 2.75) is 24.9 Å². The summed E-state index contributed by atoms with van der Waals surface area (Å²) in [5.74, 6) is -0.616. The first-order chi connectivity index (χ1) is 9.52. The van der Waals surface area contributed by atoms with Gasteiger partial charge in [0.25, 0.3) is 5.56 Å². The average Bonchev–Trinajstić information content (AvgIpc) is 2.76. The van der Waals surface area contributed by atoms with Crippen LogP contribution >= 0.6 is 11.8 Å². The summed E-state index contributed by atoms with van der Waals surface area (Å²) in [5, 5.41) is 9.84. The predicted octanol–water partition coefficient (Wildman–Crippen LogP) is -0.339. The zero-order valence-electron chi connectivity index (χ0n) is 10.7. The minimum atomic E-state index is -1.08. The molecule has 0 saturated carbocycles. The maximum Gasteiger partial charge on any atom is 0.330 e. The molecular formula is C11H15FN2O5S. The van der Waals surface area contributed by atoms with Crippen LogP contribution in [0.5, 0.6) is 0 Å². The number of ether oxygens (including phenoxy) is 2. The van der Waals surface area contributed by atoms with Gasteiger partial charge in [0.05, 0.1) is 24.8 Å². The number of aromatic amines is 1. The molecule has 1 fully saturated rings. The average molecular weight is 306 g/mol. The summed E-state index contributed by atoms with van der Waals surface area (Å²) in [6.45, 7) is 0.180. The van der Waals surface area contributed by atoms with E-state index in [2.05, 4.69) is 0 Å². The van der Waals surface area contributed by atoms with Crippen LogP contribution in [0.25, 0.3) is 0 Å². The van der Waals surface area contributed by atoms with E-state index in [1.807, 2.05) is 11.2 Å². The fraction of sp³-hybridized carbons (Fsp3) is 0.636. The quantitative estimate of drug-likeness (QED) is 0.571. The van der Waals surface area contributed by atoms with Crippen LogP contribution in [0.2, 0.25) is 0 Å². The van der Waals surface area contributed by atoms with Gasteiger partial charge in [0.2, 0.25) is 5.82 Å². The Morgan fingerprint density at radius 1 is 1.65 bits per heavy atom. The summed E-state index contributed by atoms with van der Waals surface area (Å²) in [6, 6.07) is 0. The number of nitrogens with one attached hydrogen (secondary N) is 1. The third-order valence-electron chi connectivity index (χ3n) is 2.92. The van der Waals surface area contributed by atoms with Crippen LogP contribution < -0.4 is 11.2 Å². The fourth-order valence-electron chi connectivity index (χ4n) is 1.96. The van der Waals surface area contributed by atoms with Gasteiger partial charge in [0, 0.05) is 6.42 Å². The lowest BCUT2D eigenvalue weighted by Gasteiger charge is -2.15. The Hall–Kier alpha value is -1.16. The second-order valence-corrected chi connectivity index (χ2v) is 5.17. The van der Waals surface area contributed by atoms with Crippen molar-refractivity contribution in [1.82, 2.24) is 9.55 Å². The highest BCUT2D eigenvalue weighted by Crippen LogP contribution is 2.27. The molecular weight excluding hydrogens is 291 g/mol. The molecule has 0 spiro atoms. The van der Waals surface area contributed by atoms with Gasteiger partial charge in [-0.1, -0.05) is 0 Å². The molecule has 2 heterocycles. The number of halogens is 1. The first kappa shape index (κ1) is 15.2. The molecule has 0 unspecified atom stereocenters. The number of aromatic nitrogens is 2. The van der Waals surface area contributed by atoms with Crippen LogP contribution in [0.3, 0.4) is 0 Å². The van der Waals surface area contributed by atoms with Crippen LogP contribution in [0, 0.1) is 5.82 Å². The molecule has 0 bridgehead atoms. The minimum absolute atomic E-state index is 0.124. The SMILES string of the molecule is CSCOC[C@H]1O[C@@H](n2cc(F)c(=O)[nH]c2=O)C[C@@H]1O. The van der Waals surface area contributed by atoms with Crippen molar-refractivity contribution in [2.24, 2.45) is 0 Å². The molecule has 2 rings (SSSR count). The molecule has 3 atom stereocenters. The van der Waals surface area contributed by atoms with Gasteiger partial charge in [-0.25, -0.2) is 4.79 Å². The zero-order chi connectivity index (χ0) is 14.7. The van der Waals surface area contributed by atoms with Gasteiger partial charge in [0.1, 0.15) is 12.3 Å². The van der Waals surface area contributed by atoms with Crippen LogP contribution in [0.4, 0.5) is 4.39 Å². The molecule has 0 amide bonds. The fourth-order valence-corrected chi connectivity index (χ4v) is 2.22. The summed E-state index contributed by atoms with van der Waals surface area (Å²) in [6.07, 6.45) is 0.546. The van der Waals surface area contributed by atoms with E-state index in [0.717, 1.165) is 10.8 Å². The Balaban J connectivity index is 2.10. The number of hydrogen-bond acceptors (Lipinski definition) is 6. The van der Waals surface area contributed by atoms with Crippen molar-refractivity contribution < 1.29 is 19.0 Å². The first-order valence-electron chi connectivity index (χ1n) is 5.94. The summed E-state index contributed by atoms with van der Waals surface area (Å²) >= 11 is 1.49. The number of nitrogens with zero attached hydrogens (tertiary/aromatic N) is 1. The Bertz CT molecular complexity index is 575. The summed E-state index contributed by atoms with van der Waals surface area (Å²) in [7, 11) is 0. The smallest absolute Gasteiger partial charge is 0.330 e. The van der Waals surface area contributed by atoms with Crippen molar-refractivity contribution in [2.75, 3.05) is 18.8 Å². The van der Waals surface area contributed by atoms with Gasteiger partial charge in [-0.3, -0.25) is 14.3 Å². The van der Waals surface area contributed by atoms with Crippen molar-refractivity contribution in [1.29, 1.82) is 0 Å².